The average molecular weight is 289 g/mol. The highest BCUT2D eigenvalue weighted by Gasteiger charge is 2.36. The Hall–Kier alpha value is -1.64. The Morgan fingerprint density at radius 2 is 2.26 bits per heavy atom. The van der Waals surface area contributed by atoms with Gasteiger partial charge in [-0.3, -0.25) is 5.10 Å². The van der Waals surface area contributed by atoms with Crippen LogP contribution in [0.15, 0.2) is 6.20 Å². The zero-order valence-corrected chi connectivity index (χ0v) is 10.5. The second-order valence-corrected chi connectivity index (χ2v) is 5.07. The van der Waals surface area contributed by atoms with Crippen molar-refractivity contribution in [3.8, 4) is 0 Å². The van der Waals surface area contributed by atoms with Gasteiger partial charge in [0.1, 0.15) is 0 Å². The van der Waals surface area contributed by atoms with Crippen molar-refractivity contribution in [3.63, 3.8) is 0 Å². The van der Waals surface area contributed by atoms with Gasteiger partial charge in [-0.1, -0.05) is 0 Å². The van der Waals surface area contributed by atoms with Crippen molar-refractivity contribution < 1.29 is 13.2 Å². The quantitative estimate of drug-likeness (QED) is 0.892. The number of fused-ring (bicyclic) bond motifs is 1. The van der Waals surface area contributed by atoms with Gasteiger partial charge in [-0.2, -0.15) is 27.6 Å². The number of aryl methyl sites for hydroxylation is 1. The van der Waals surface area contributed by atoms with E-state index in [1.165, 1.54) is 0 Å². The lowest BCUT2D eigenvalue weighted by molar-refractivity contribution is -0.144. The molecule has 0 saturated carbocycles. The third kappa shape index (κ3) is 2.42. The van der Waals surface area contributed by atoms with Gasteiger partial charge in [0.15, 0.2) is 0 Å². The molecule has 0 aromatic carbocycles. The topological polar surface area (TPSA) is 66.5 Å². The van der Waals surface area contributed by atoms with Gasteiger partial charge in [0.05, 0.1) is 17.9 Å². The van der Waals surface area contributed by atoms with Gasteiger partial charge >= 0.3 is 6.18 Å². The summed E-state index contributed by atoms with van der Waals surface area (Å²) in [6.07, 6.45) is -0.00818. The number of hydrogen-bond donors (Lipinski definition) is 2. The number of aromatic amines is 1. The van der Waals surface area contributed by atoms with Gasteiger partial charge in [-0.25, -0.2) is 0 Å². The SMILES string of the molecule is FC(F)(F)c1nsc(N[C@H]2CCCc3cn[nH]c32)n1. The predicted molar refractivity (Wildman–Crippen MR) is 62.8 cm³/mol. The van der Waals surface area contributed by atoms with E-state index in [4.69, 9.17) is 0 Å². The normalized spacial score (nSPS) is 19.2. The molecule has 19 heavy (non-hydrogen) atoms. The molecule has 0 saturated heterocycles. The molecule has 2 N–H and O–H groups in total. The van der Waals surface area contributed by atoms with Gasteiger partial charge in [0.2, 0.25) is 11.0 Å². The molecule has 1 aliphatic carbocycles. The standard InChI is InChI=1S/C10H10F3N5S/c11-10(12,13)8-16-9(19-18-8)15-6-3-1-2-5-4-14-17-7(5)6/h4,6H,1-3H2,(H,14,17)(H,15,16,18)/t6-/m0/s1. The number of halogens is 3. The van der Waals surface area contributed by atoms with Gasteiger partial charge in [0, 0.05) is 11.5 Å². The first-order chi connectivity index (χ1) is 9.04. The molecular weight excluding hydrogens is 279 g/mol. The molecule has 1 atom stereocenters. The molecule has 5 nitrogen and oxygen atoms in total. The Labute approximate surface area is 110 Å². The Kier molecular flexibility index (Phi) is 2.92. The van der Waals surface area contributed by atoms with E-state index in [2.05, 4.69) is 24.9 Å². The lowest BCUT2D eigenvalue weighted by Crippen LogP contribution is -2.17. The summed E-state index contributed by atoms with van der Waals surface area (Å²) < 4.78 is 40.5. The maximum atomic E-state index is 12.4. The minimum Gasteiger partial charge on any atom is -0.352 e. The van der Waals surface area contributed by atoms with E-state index in [9.17, 15) is 13.2 Å². The molecule has 9 heteroatoms. The Bertz CT molecular complexity index is 576. The van der Waals surface area contributed by atoms with Crippen LogP contribution in [0, 0.1) is 0 Å². The number of rotatable bonds is 2. The van der Waals surface area contributed by atoms with Crippen LogP contribution < -0.4 is 5.32 Å². The van der Waals surface area contributed by atoms with E-state index in [0.29, 0.717) is 0 Å². The highest BCUT2D eigenvalue weighted by molar-refractivity contribution is 7.09. The minimum atomic E-state index is -4.50. The average Bonchev–Trinajstić information content (AvgIpc) is 2.96. The van der Waals surface area contributed by atoms with E-state index in [-0.39, 0.29) is 11.2 Å². The molecule has 3 rings (SSSR count). The fourth-order valence-corrected chi connectivity index (χ4v) is 2.79. The first kappa shape index (κ1) is 12.4. The lowest BCUT2D eigenvalue weighted by Gasteiger charge is -2.22. The van der Waals surface area contributed by atoms with Crippen LogP contribution in [0.5, 0.6) is 0 Å². The summed E-state index contributed by atoms with van der Waals surface area (Å²) in [6, 6.07) is -0.0831. The van der Waals surface area contributed by atoms with E-state index in [1.807, 2.05) is 0 Å². The maximum Gasteiger partial charge on any atom is 0.452 e. The highest BCUT2D eigenvalue weighted by atomic mass is 32.1. The van der Waals surface area contributed by atoms with Crippen molar-refractivity contribution in [2.75, 3.05) is 5.32 Å². The van der Waals surface area contributed by atoms with Crippen LogP contribution in [0.4, 0.5) is 18.3 Å². The largest absolute Gasteiger partial charge is 0.452 e. The summed E-state index contributed by atoms with van der Waals surface area (Å²) in [4.78, 5) is 3.47. The number of H-pyrrole nitrogens is 1. The molecule has 0 spiro atoms. The number of nitrogens with zero attached hydrogens (tertiary/aromatic N) is 3. The van der Waals surface area contributed by atoms with Gasteiger partial charge in [-0.05, 0) is 24.8 Å². The summed E-state index contributed by atoms with van der Waals surface area (Å²) in [5.41, 5.74) is 2.03. The number of nitrogens with one attached hydrogen (secondary N) is 2. The van der Waals surface area contributed by atoms with E-state index in [1.54, 1.807) is 6.20 Å². The van der Waals surface area contributed by atoms with Gasteiger partial charge in [0.25, 0.3) is 0 Å². The molecule has 2 heterocycles. The number of anilines is 1. The van der Waals surface area contributed by atoms with Crippen LogP contribution in [-0.4, -0.2) is 19.6 Å². The van der Waals surface area contributed by atoms with Crippen LogP contribution in [0.3, 0.4) is 0 Å². The van der Waals surface area contributed by atoms with Gasteiger partial charge < -0.3 is 5.32 Å². The Morgan fingerprint density at radius 1 is 1.42 bits per heavy atom. The van der Waals surface area contributed by atoms with Gasteiger partial charge in [-0.15, -0.1) is 0 Å². The molecule has 0 bridgehead atoms. The molecule has 0 fully saturated rings. The van der Waals surface area contributed by atoms with Crippen molar-refractivity contribution in [1.29, 1.82) is 0 Å². The summed E-state index contributed by atoms with van der Waals surface area (Å²) in [6.45, 7) is 0. The Morgan fingerprint density at radius 3 is 3.00 bits per heavy atom. The van der Waals surface area contributed by atoms with E-state index in [0.717, 1.165) is 42.1 Å². The van der Waals surface area contributed by atoms with Crippen LogP contribution >= 0.6 is 11.5 Å². The van der Waals surface area contributed by atoms with E-state index >= 15 is 0 Å². The fraction of sp³-hybridized carbons (Fsp3) is 0.500. The summed E-state index contributed by atoms with van der Waals surface area (Å²) in [5.74, 6) is -1.10. The summed E-state index contributed by atoms with van der Waals surface area (Å²) in [7, 11) is 0. The minimum absolute atomic E-state index is 0.0831. The molecule has 1 aliphatic rings. The zero-order chi connectivity index (χ0) is 13.5. The summed E-state index contributed by atoms with van der Waals surface area (Å²) in [5, 5.41) is 10.0. The molecule has 2 aromatic heterocycles. The van der Waals surface area contributed by atoms with Crippen LogP contribution in [0.25, 0.3) is 0 Å². The molecule has 2 aromatic rings. The van der Waals surface area contributed by atoms with Crippen molar-refractivity contribution in [2.45, 2.75) is 31.5 Å². The highest BCUT2D eigenvalue weighted by Crippen LogP contribution is 2.33. The number of hydrogen-bond acceptors (Lipinski definition) is 5. The monoisotopic (exact) mass is 289 g/mol. The van der Waals surface area contributed by atoms with Crippen LogP contribution in [-0.2, 0) is 12.6 Å². The molecule has 0 amide bonds. The van der Waals surface area contributed by atoms with Crippen molar-refractivity contribution in [3.05, 3.63) is 23.3 Å². The van der Waals surface area contributed by atoms with E-state index < -0.39 is 12.0 Å². The van der Waals surface area contributed by atoms with Crippen molar-refractivity contribution in [2.24, 2.45) is 0 Å². The number of aromatic nitrogens is 4. The van der Waals surface area contributed by atoms with Crippen molar-refractivity contribution >= 4 is 16.7 Å². The fourth-order valence-electron chi connectivity index (χ4n) is 2.15. The molecule has 0 aliphatic heterocycles. The second-order valence-electron chi connectivity index (χ2n) is 4.32. The smallest absolute Gasteiger partial charge is 0.352 e. The lowest BCUT2D eigenvalue weighted by atomic mass is 9.94. The molecule has 0 unspecified atom stereocenters. The molecular formula is C10H10F3N5S. The second kappa shape index (κ2) is 4.48. The third-order valence-electron chi connectivity index (χ3n) is 3.02. The predicted octanol–water partition coefficient (Wildman–Crippen LogP) is 2.77. The summed E-state index contributed by atoms with van der Waals surface area (Å²) >= 11 is 0.721. The Balaban J connectivity index is 1.78. The van der Waals surface area contributed by atoms with Crippen LogP contribution in [0.1, 0.15) is 36.0 Å². The molecule has 102 valence electrons. The first-order valence-corrected chi connectivity index (χ1v) is 6.51. The maximum absolute atomic E-state index is 12.4. The molecule has 0 radical (unpaired) electrons. The van der Waals surface area contributed by atoms with Crippen LogP contribution in [0.2, 0.25) is 0 Å². The zero-order valence-electron chi connectivity index (χ0n) is 9.66. The van der Waals surface area contributed by atoms with Crippen molar-refractivity contribution in [1.82, 2.24) is 19.6 Å². The third-order valence-corrected chi connectivity index (χ3v) is 3.66. The first-order valence-electron chi connectivity index (χ1n) is 5.73. The number of alkyl halides is 3.